The predicted octanol–water partition coefficient (Wildman–Crippen LogP) is 1.62. The minimum atomic E-state index is -0.631. The maximum absolute atomic E-state index is 11.7. The number of esters is 2. The van der Waals surface area contributed by atoms with Crippen molar-refractivity contribution in [3.8, 4) is 11.5 Å². The first kappa shape index (κ1) is 20.2. The SMILES string of the molecule is CCOc1cc(C=N/N=C2/NC(=O)/C(=C\C(=O)OC)S2)ccc1OC(C)=O. The van der Waals surface area contributed by atoms with Gasteiger partial charge in [0.15, 0.2) is 16.7 Å². The monoisotopic (exact) mass is 391 g/mol. The van der Waals surface area contributed by atoms with Crippen molar-refractivity contribution < 1.29 is 28.6 Å². The summed E-state index contributed by atoms with van der Waals surface area (Å²) in [5.41, 5.74) is 0.651. The molecule has 0 unspecified atom stereocenters. The van der Waals surface area contributed by atoms with E-state index in [9.17, 15) is 14.4 Å². The molecule has 0 atom stereocenters. The summed E-state index contributed by atoms with van der Waals surface area (Å²) in [5, 5.41) is 10.5. The van der Waals surface area contributed by atoms with Crippen LogP contribution in [0.2, 0.25) is 0 Å². The number of amidine groups is 1. The lowest BCUT2D eigenvalue weighted by molar-refractivity contribution is -0.135. The number of ether oxygens (including phenoxy) is 3. The van der Waals surface area contributed by atoms with Gasteiger partial charge in [-0.05, 0) is 42.4 Å². The molecule has 2 rings (SSSR count). The van der Waals surface area contributed by atoms with Crippen molar-refractivity contribution >= 4 is 41.0 Å². The molecule has 0 aliphatic carbocycles. The van der Waals surface area contributed by atoms with E-state index in [4.69, 9.17) is 9.47 Å². The predicted molar refractivity (Wildman–Crippen MR) is 99.8 cm³/mol. The maximum Gasteiger partial charge on any atom is 0.331 e. The molecule has 0 aromatic heterocycles. The topological polar surface area (TPSA) is 116 Å². The Hall–Kier alpha value is -3.14. The van der Waals surface area contributed by atoms with E-state index in [1.165, 1.54) is 20.2 Å². The zero-order chi connectivity index (χ0) is 19.8. The number of hydrogen-bond donors (Lipinski definition) is 1. The summed E-state index contributed by atoms with van der Waals surface area (Å²) >= 11 is 0.972. The van der Waals surface area contributed by atoms with Gasteiger partial charge in [-0.25, -0.2) is 4.79 Å². The zero-order valence-electron chi connectivity index (χ0n) is 14.8. The van der Waals surface area contributed by atoms with Gasteiger partial charge in [0.1, 0.15) is 0 Å². The number of rotatable bonds is 6. The Morgan fingerprint density at radius 1 is 1.30 bits per heavy atom. The Kier molecular flexibility index (Phi) is 7.12. The van der Waals surface area contributed by atoms with Gasteiger partial charge in [0.05, 0.1) is 24.8 Å². The molecule has 1 N–H and O–H groups in total. The van der Waals surface area contributed by atoms with Crippen molar-refractivity contribution in [2.24, 2.45) is 10.2 Å². The molecule has 1 aromatic carbocycles. The summed E-state index contributed by atoms with van der Waals surface area (Å²) in [6, 6.07) is 4.91. The summed E-state index contributed by atoms with van der Waals surface area (Å²) in [6.07, 6.45) is 2.52. The van der Waals surface area contributed by atoms with E-state index in [0.29, 0.717) is 23.7 Å². The number of nitrogens with one attached hydrogen (secondary N) is 1. The lowest BCUT2D eigenvalue weighted by Gasteiger charge is -2.09. The van der Waals surface area contributed by atoms with Gasteiger partial charge in [-0.15, -0.1) is 5.10 Å². The van der Waals surface area contributed by atoms with Crippen molar-refractivity contribution in [2.45, 2.75) is 13.8 Å². The van der Waals surface area contributed by atoms with E-state index in [2.05, 4.69) is 20.3 Å². The molecule has 0 radical (unpaired) electrons. The van der Waals surface area contributed by atoms with Crippen LogP contribution in [-0.4, -0.2) is 42.9 Å². The van der Waals surface area contributed by atoms with Crippen molar-refractivity contribution in [1.29, 1.82) is 0 Å². The normalized spacial score (nSPS) is 16.6. The van der Waals surface area contributed by atoms with Crippen LogP contribution in [0.4, 0.5) is 0 Å². The number of benzene rings is 1. The van der Waals surface area contributed by atoms with Crippen LogP contribution in [0.25, 0.3) is 0 Å². The van der Waals surface area contributed by atoms with E-state index >= 15 is 0 Å². The van der Waals surface area contributed by atoms with Gasteiger partial charge in [-0.1, -0.05) is 0 Å². The van der Waals surface area contributed by atoms with Crippen LogP contribution < -0.4 is 14.8 Å². The van der Waals surface area contributed by atoms with Crippen molar-refractivity contribution in [1.82, 2.24) is 5.32 Å². The second kappa shape index (κ2) is 9.53. The summed E-state index contributed by atoms with van der Waals surface area (Å²) in [5.74, 6) is -0.828. The van der Waals surface area contributed by atoms with Gasteiger partial charge in [-0.2, -0.15) is 5.10 Å². The molecule has 0 bridgehead atoms. The highest BCUT2D eigenvalue weighted by molar-refractivity contribution is 8.18. The molecule has 142 valence electrons. The van der Waals surface area contributed by atoms with Crippen molar-refractivity contribution in [2.75, 3.05) is 13.7 Å². The van der Waals surface area contributed by atoms with E-state index in [-0.39, 0.29) is 10.1 Å². The molecule has 27 heavy (non-hydrogen) atoms. The lowest BCUT2D eigenvalue weighted by Crippen LogP contribution is -2.19. The molecule has 1 aromatic rings. The first-order valence-electron chi connectivity index (χ1n) is 7.78. The second-order valence-electron chi connectivity index (χ2n) is 4.97. The average Bonchev–Trinajstić information content (AvgIpc) is 2.96. The minimum absolute atomic E-state index is 0.167. The van der Waals surface area contributed by atoms with E-state index in [0.717, 1.165) is 17.8 Å². The highest BCUT2D eigenvalue weighted by Crippen LogP contribution is 2.28. The van der Waals surface area contributed by atoms with Crippen LogP contribution in [0.5, 0.6) is 11.5 Å². The van der Waals surface area contributed by atoms with E-state index in [1.807, 2.05) is 6.92 Å². The Bertz CT molecular complexity index is 847. The Morgan fingerprint density at radius 3 is 2.74 bits per heavy atom. The number of methoxy groups -OCH3 is 1. The van der Waals surface area contributed by atoms with Gasteiger partial charge in [0.2, 0.25) is 0 Å². The molecule has 1 aliphatic rings. The van der Waals surface area contributed by atoms with Crippen LogP contribution >= 0.6 is 11.8 Å². The Morgan fingerprint density at radius 2 is 2.07 bits per heavy atom. The Labute approximate surface area is 159 Å². The largest absolute Gasteiger partial charge is 0.490 e. The Balaban J connectivity index is 2.11. The lowest BCUT2D eigenvalue weighted by atomic mass is 10.2. The third kappa shape index (κ3) is 5.96. The molecule has 0 saturated carbocycles. The third-order valence-electron chi connectivity index (χ3n) is 2.98. The van der Waals surface area contributed by atoms with Crippen molar-refractivity contribution in [3.63, 3.8) is 0 Å². The van der Waals surface area contributed by atoms with Crippen molar-refractivity contribution in [3.05, 3.63) is 34.7 Å². The summed E-state index contributed by atoms with van der Waals surface area (Å²) in [4.78, 5) is 34.2. The molecule has 0 spiro atoms. The van der Waals surface area contributed by atoms with E-state index < -0.39 is 17.8 Å². The fourth-order valence-electron chi connectivity index (χ4n) is 1.90. The fourth-order valence-corrected chi connectivity index (χ4v) is 2.64. The highest BCUT2D eigenvalue weighted by Gasteiger charge is 2.25. The van der Waals surface area contributed by atoms with Gasteiger partial charge in [0, 0.05) is 13.0 Å². The van der Waals surface area contributed by atoms with Gasteiger partial charge in [0.25, 0.3) is 5.91 Å². The quantitative estimate of drug-likeness (QED) is 0.257. The van der Waals surface area contributed by atoms with Gasteiger partial charge >= 0.3 is 11.9 Å². The molecule has 1 fully saturated rings. The van der Waals surface area contributed by atoms with Crippen LogP contribution in [0.1, 0.15) is 19.4 Å². The smallest absolute Gasteiger partial charge is 0.331 e. The molecule has 1 aliphatic heterocycles. The maximum atomic E-state index is 11.7. The average molecular weight is 391 g/mol. The van der Waals surface area contributed by atoms with Crippen LogP contribution in [0.3, 0.4) is 0 Å². The number of hydrogen-bond acceptors (Lipinski definition) is 9. The molecular weight excluding hydrogens is 374 g/mol. The molecule has 1 saturated heterocycles. The van der Waals surface area contributed by atoms with E-state index in [1.54, 1.807) is 18.2 Å². The molecule has 1 amide bonds. The summed E-state index contributed by atoms with van der Waals surface area (Å²) in [6.45, 7) is 3.51. The summed E-state index contributed by atoms with van der Waals surface area (Å²) < 4.78 is 15.0. The number of thioether (sulfide) groups is 1. The first-order valence-corrected chi connectivity index (χ1v) is 8.59. The minimum Gasteiger partial charge on any atom is -0.490 e. The second-order valence-corrected chi connectivity index (χ2v) is 6.00. The first-order chi connectivity index (χ1) is 12.9. The van der Waals surface area contributed by atoms with Crippen LogP contribution in [-0.2, 0) is 19.1 Å². The van der Waals surface area contributed by atoms with Crippen LogP contribution in [0, 0.1) is 0 Å². The van der Waals surface area contributed by atoms with Gasteiger partial charge < -0.3 is 14.2 Å². The molecule has 9 nitrogen and oxygen atoms in total. The highest BCUT2D eigenvalue weighted by atomic mass is 32.2. The molecular formula is C17H17N3O6S. The van der Waals surface area contributed by atoms with Gasteiger partial charge in [-0.3, -0.25) is 14.9 Å². The zero-order valence-corrected chi connectivity index (χ0v) is 15.7. The fraction of sp³-hybridized carbons (Fsp3) is 0.235. The summed E-state index contributed by atoms with van der Waals surface area (Å²) in [7, 11) is 1.22. The molecule has 10 heteroatoms. The molecule has 1 heterocycles. The number of carbonyl (C=O) groups excluding carboxylic acids is 3. The number of nitrogens with zero attached hydrogens (tertiary/aromatic N) is 2. The van der Waals surface area contributed by atoms with Crippen LogP contribution in [0.15, 0.2) is 39.4 Å². The standard InChI is InChI=1S/C17H17N3O6S/c1-4-25-13-7-11(5-6-12(13)26-10(2)21)9-18-20-17-19-16(23)14(27-17)8-15(22)24-3/h5-9H,4H2,1-3H3,(H,19,20,23)/b14-8+,18-9?. The number of amides is 1. The number of carbonyl (C=O) groups is 3. The third-order valence-corrected chi connectivity index (χ3v) is 3.88.